The van der Waals surface area contributed by atoms with Crippen molar-refractivity contribution < 1.29 is 4.79 Å². The minimum absolute atomic E-state index is 0.00223. The first-order chi connectivity index (χ1) is 13.1. The molecule has 0 aromatic heterocycles. The Bertz CT molecular complexity index is 646. The summed E-state index contributed by atoms with van der Waals surface area (Å²) < 4.78 is 0. The van der Waals surface area contributed by atoms with Crippen LogP contribution in [0.25, 0.3) is 6.08 Å². The summed E-state index contributed by atoms with van der Waals surface area (Å²) in [6, 6.07) is 10.4. The van der Waals surface area contributed by atoms with E-state index in [0.29, 0.717) is 6.54 Å². The molecular formula is C21H31N5O. The largest absolute Gasteiger partial charge is 0.353 e. The molecule has 6 nitrogen and oxygen atoms in total. The van der Waals surface area contributed by atoms with E-state index in [2.05, 4.69) is 63.1 Å². The highest BCUT2D eigenvalue weighted by atomic mass is 16.2. The zero-order valence-corrected chi connectivity index (χ0v) is 16.5. The fourth-order valence-electron chi connectivity index (χ4n) is 2.76. The van der Waals surface area contributed by atoms with E-state index in [-0.39, 0.29) is 12.5 Å². The summed E-state index contributed by atoms with van der Waals surface area (Å²) in [5, 5.41) is 3.27. The van der Waals surface area contributed by atoms with Gasteiger partial charge >= 0.3 is 0 Å². The predicted octanol–water partition coefficient (Wildman–Crippen LogP) is 1.54. The lowest BCUT2D eigenvalue weighted by Gasteiger charge is -2.36. The number of rotatable bonds is 7. The van der Waals surface area contributed by atoms with Crippen LogP contribution < -0.4 is 5.32 Å². The van der Waals surface area contributed by atoms with Gasteiger partial charge in [-0.3, -0.25) is 9.69 Å². The third-order valence-electron chi connectivity index (χ3n) is 4.41. The van der Waals surface area contributed by atoms with Crippen molar-refractivity contribution in [2.75, 3.05) is 59.9 Å². The highest BCUT2D eigenvalue weighted by Crippen LogP contribution is 2.05. The van der Waals surface area contributed by atoms with E-state index < -0.39 is 0 Å². The summed E-state index contributed by atoms with van der Waals surface area (Å²) in [4.78, 5) is 22.5. The quantitative estimate of drug-likeness (QED) is 0.450. The van der Waals surface area contributed by atoms with Gasteiger partial charge in [0.05, 0.1) is 0 Å². The number of carbonyl (C=O) groups excluding carboxylic acids is 1. The Morgan fingerprint density at radius 3 is 2.56 bits per heavy atom. The maximum atomic E-state index is 11.8. The van der Waals surface area contributed by atoms with Crippen LogP contribution in [-0.4, -0.2) is 86.5 Å². The number of benzene rings is 1. The second-order valence-corrected chi connectivity index (χ2v) is 6.70. The predicted molar refractivity (Wildman–Crippen MR) is 113 cm³/mol. The van der Waals surface area contributed by atoms with Crippen molar-refractivity contribution in [3.05, 3.63) is 54.6 Å². The molecule has 1 saturated heterocycles. The molecule has 0 spiro atoms. The molecule has 1 amide bonds. The smallest absolute Gasteiger partial charge is 0.243 e. The Morgan fingerprint density at radius 2 is 1.93 bits per heavy atom. The molecule has 0 bridgehead atoms. The molecule has 0 atom stereocenters. The summed E-state index contributed by atoms with van der Waals surface area (Å²) in [6.45, 7) is 9.19. The fourth-order valence-corrected chi connectivity index (χ4v) is 2.76. The summed E-state index contributed by atoms with van der Waals surface area (Å²) in [5.41, 5.74) is 1.23. The normalized spacial score (nSPS) is 15.8. The molecule has 1 aromatic rings. The molecule has 1 fully saturated rings. The number of likely N-dealkylation sites (N-methyl/N-ethyl adjacent to an activating group) is 1. The molecule has 0 saturated carbocycles. The van der Waals surface area contributed by atoms with Crippen LogP contribution in [0.4, 0.5) is 0 Å². The second-order valence-electron chi connectivity index (χ2n) is 6.70. The van der Waals surface area contributed by atoms with Gasteiger partial charge in [0.25, 0.3) is 0 Å². The van der Waals surface area contributed by atoms with Crippen LogP contribution in [0, 0.1) is 0 Å². The molecule has 1 N–H and O–H groups in total. The van der Waals surface area contributed by atoms with Crippen molar-refractivity contribution in [1.29, 1.82) is 0 Å². The lowest BCUT2D eigenvalue weighted by atomic mass is 10.2. The van der Waals surface area contributed by atoms with Crippen molar-refractivity contribution in [1.82, 2.24) is 20.0 Å². The highest BCUT2D eigenvalue weighted by Gasteiger charge is 2.19. The first-order valence-corrected chi connectivity index (χ1v) is 9.38. The topological polar surface area (TPSA) is 51.2 Å². The van der Waals surface area contributed by atoms with E-state index in [1.165, 1.54) is 5.56 Å². The minimum Gasteiger partial charge on any atom is -0.353 e. The summed E-state index contributed by atoms with van der Waals surface area (Å²) in [5.74, 6) is 0.780. The van der Waals surface area contributed by atoms with E-state index in [1.807, 2.05) is 6.07 Å². The summed E-state index contributed by atoms with van der Waals surface area (Å²) in [7, 11) is 3.49. The average Bonchev–Trinajstić information content (AvgIpc) is 2.69. The zero-order chi connectivity index (χ0) is 19.5. The molecule has 0 unspecified atom stereocenters. The second kappa shape index (κ2) is 11.2. The van der Waals surface area contributed by atoms with E-state index in [1.54, 1.807) is 25.1 Å². The van der Waals surface area contributed by atoms with Crippen molar-refractivity contribution in [2.45, 2.75) is 0 Å². The van der Waals surface area contributed by atoms with Gasteiger partial charge in [0.1, 0.15) is 6.54 Å². The van der Waals surface area contributed by atoms with Crippen LogP contribution in [0.15, 0.2) is 54.1 Å². The first-order valence-electron chi connectivity index (χ1n) is 9.38. The SMILES string of the molecule is C=CCNC(=NCC(=O)N(C)C)N1CCN(C/C=C/c2ccccc2)CC1. The Morgan fingerprint density at radius 1 is 1.22 bits per heavy atom. The zero-order valence-electron chi connectivity index (χ0n) is 16.5. The molecule has 2 rings (SSSR count). The van der Waals surface area contributed by atoms with Crippen LogP contribution >= 0.6 is 0 Å². The highest BCUT2D eigenvalue weighted by molar-refractivity contribution is 5.85. The van der Waals surface area contributed by atoms with E-state index in [4.69, 9.17) is 0 Å². The fraction of sp³-hybridized carbons (Fsp3) is 0.429. The van der Waals surface area contributed by atoms with Crippen LogP contribution in [0.2, 0.25) is 0 Å². The minimum atomic E-state index is -0.00223. The van der Waals surface area contributed by atoms with Crippen molar-refractivity contribution in [2.24, 2.45) is 4.99 Å². The van der Waals surface area contributed by atoms with E-state index >= 15 is 0 Å². The number of amides is 1. The first kappa shape index (κ1) is 20.7. The number of carbonyl (C=O) groups is 1. The Kier molecular flexibility index (Phi) is 8.58. The van der Waals surface area contributed by atoms with Gasteiger partial charge in [-0.1, -0.05) is 48.6 Å². The van der Waals surface area contributed by atoms with Crippen molar-refractivity contribution >= 4 is 17.9 Å². The Labute approximate surface area is 162 Å². The maximum absolute atomic E-state index is 11.8. The van der Waals surface area contributed by atoms with E-state index in [9.17, 15) is 4.79 Å². The molecule has 1 aromatic carbocycles. The standard InChI is InChI=1S/C21H31N5O/c1-4-12-22-21(23-18-20(27)24(2)3)26-16-14-25(15-17-26)13-8-11-19-9-6-5-7-10-19/h4-11H,1,12-18H2,2-3H3,(H,22,23)/b11-8+. The number of nitrogens with one attached hydrogen (secondary N) is 1. The van der Waals surface area contributed by atoms with Gasteiger partial charge in [0, 0.05) is 53.4 Å². The van der Waals surface area contributed by atoms with Gasteiger partial charge in [0.2, 0.25) is 5.91 Å². The molecule has 146 valence electrons. The average molecular weight is 370 g/mol. The third-order valence-corrected chi connectivity index (χ3v) is 4.41. The molecule has 6 heteroatoms. The van der Waals surface area contributed by atoms with Gasteiger partial charge in [-0.2, -0.15) is 0 Å². The molecule has 1 aliphatic heterocycles. The number of hydrogen-bond donors (Lipinski definition) is 1. The molecule has 1 heterocycles. The molecule has 0 radical (unpaired) electrons. The summed E-state index contributed by atoms with van der Waals surface area (Å²) in [6.07, 6.45) is 6.18. The molecule has 27 heavy (non-hydrogen) atoms. The lowest BCUT2D eigenvalue weighted by Crippen LogP contribution is -2.52. The van der Waals surface area contributed by atoms with Gasteiger partial charge < -0.3 is 15.1 Å². The number of guanidine groups is 1. The lowest BCUT2D eigenvalue weighted by molar-refractivity contribution is -0.127. The van der Waals surface area contributed by atoms with Gasteiger partial charge in [-0.15, -0.1) is 6.58 Å². The number of hydrogen-bond acceptors (Lipinski definition) is 3. The number of aliphatic imine (C=N–C) groups is 1. The van der Waals surface area contributed by atoms with Gasteiger partial charge in [-0.05, 0) is 5.56 Å². The van der Waals surface area contributed by atoms with Gasteiger partial charge in [-0.25, -0.2) is 4.99 Å². The van der Waals surface area contributed by atoms with E-state index in [0.717, 1.165) is 38.7 Å². The van der Waals surface area contributed by atoms with Crippen molar-refractivity contribution in [3.63, 3.8) is 0 Å². The molecule has 1 aliphatic rings. The van der Waals surface area contributed by atoms with Crippen LogP contribution in [0.3, 0.4) is 0 Å². The third kappa shape index (κ3) is 7.27. The Hall–Kier alpha value is -2.60. The maximum Gasteiger partial charge on any atom is 0.243 e. The van der Waals surface area contributed by atoms with Crippen molar-refractivity contribution in [3.8, 4) is 0 Å². The van der Waals surface area contributed by atoms with Gasteiger partial charge in [0.15, 0.2) is 5.96 Å². The molecular weight excluding hydrogens is 338 g/mol. The number of piperazine rings is 1. The van der Waals surface area contributed by atoms with Crippen LogP contribution in [-0.2, 0) is 4.79 Å². The summed E-state index contributed by atoms with van der Waals surface area (Å²) >= 11 is 0. The Balaban J connectivity index is 1.84. The monoisotopic (exact) mass is 369 g/mol. The number of nitrogens with zero attached hydrogens (tertiary/aromatic N) is 4. The van der Waals surface area contributed by atoms with Crippen LogP contribution in [0.1, 0.15) is 5.56 Å². The van der Waals surface area contributed by atoms with Crippen LogP contribution in [0.5, 0.6) is 0 Å². The molecule has 0 aliphatic carbocycles.